The Labute approximate surface area is 221 Å². The zero-order chi connectivity index (χ0) is 26.9. The molecule has 0 aliphatic carbocycles. The van der Waals surface area contributed by atoms with Crippen LogP contribution in [-0.2, 0) is 6.18 Å². The van der Waals surface area contributed by atoms with Gasteiger partial charge in [0.25, 0.3) is 0 Å². The molecule has 5 rings (SSSR count). The molecule has 0 radical (unpaired) electrons. The topological polar surface area (TPSA) is 79.9 Å². The molecule has 2 aromatic rings. The highest BCUT2D eigenvalue weighted by atomic mass is 19.4. The maximum absolute atomic E-state index is 13.6. The zero-order valence-electron chi connectivity index (χ0n) is 21.9. The van der Waals surface area contributed by atoms with Gasteiger partial charge < -0.3 is 30.2 Å². The molecule has 1 aromatic heterocycles. The number of anilines is 4. The number of fused-ring (bicyclic) bond motifs is 1. The second kappa shape index (κ2) is 10.8. The van der Waals surface area contributed by atoms with Crippen molar-refractivity contribution in [2.45, 2.75) is 38.4 Å². The van der Waals surface area contributed by atoms with E-state index in [1.54, 1.807) is 4.90 Å². The smallest absolute Gasteiger partial charge is 0.369 e. The average Bonchev–Trinajstić information content (AvgIpc) is 3.46. The van der Waals surface area contributed by atoms with Crippen molar-refractivity contribution in [1.82, 2.24) is 24.7 Å². The SMILES string of the molecule is Cc1cc(N2CCN(C)CC2)ccc1Nc1ncc(C(F)(F)F)c(NCCCN2C[C@@H]3CCCN3C2=O)n1. The minimum absolute atomic E-state index is 0.0333. The van der Waals surface area contributed by atoms with E-state index in [9.17, 15) is 18.0 Å². The van der Waals surface area contributed by atoms with E-state index < -0.39 is 11.7 Å². The van der Waals surface area contributed by atoms with Gasteiger partial charge in [0.05, 0.1) is 6.04 Å². The Balaban J connectivity index is 1.22. The first kappa shape index (κ1) is 26.3. The van der Waals surface area contributed by atoms with E-state index in [4.69, 9.17) is 0 Å². The van der Waals surface area contributed by atoms with E-state index in [2.05, 4.69) is 43.5 Å². The fourth-order valence-corrected chi connectivity index (χ4v) is 5.41. The molecule has 0 saturated carbocycles. The second-order valence-electron chi connectivity index (χ2n) is 10.4. The van der Waals surface area contributed by atoms with Crippen LogP contribution in [0.5, 0.6) is 0 Å². The van der Waals surface area contributed by atoms with Gasteiger partial charge in [0.15, 0.2) is 0 Å². The number of aryl methyl sites for hydroxylation is 1. The third-order valence-corrected chi connectivity index (χ3v) is 7.64. The predicted octanol–water partition coefficient (Wildman–Crippen LogP) is 4.00. The van der Waals surface area contributed by atoms with Gasteiger partial charge in [0, 0.05) is 69.9 Å². The third kappa shape index (κ3) is 5.74. The monoisotopic (exact) mass is 532 g/mol. The number of benzene rings is 1. The standard InChI is InChI=1S/C26H35F3N8O/c1-18-15-19(35-13-11-34(2)12-14-35)6-7-22(18)32-24-31-16-21(26(27,28)29)23(33-24)30-8-4-9-36-17-20-5-3-10-37(20)25(36)38/h6-7,15-16,20H,3-5,8-14,17H2,1-2H3,(H2,30,31,32,33)/t20-/m0/s1. The second-order valence-corrected chi connectivity index (χ2v) is 10.4. The Kier molecular flexibility index (Phi) is 7.51. The first-order valence-electron chi connectivity index (χ1n) is 13.2. The summed E-state index contributed by atoms with van der Waals surface area (Å²) < 4.78 is 40.9. The molecule has 3 fully saturated rings. The molecule has 3 aliphatic rings. The molecule has 3 saturated heterocycles. The van der Waals surface area contributed by atoms with E-state index in [1.807, 2.05) is 24.0 Å². The summed E-state index contributed by atoms with van der Waals surface area (Å²) in [6, 6.07) is 6.30. The number of nitrogens with zero attached hydrogens (tertiary/aromatic N) is 6. The summed E-state index contributed by atoms with van der Waals surface area (Å²) in [5.41, 5.74) is 1.90. The summed E-state index contributed by atoms with van der Waals surface area (Å²) in [6.07, 6.45) is -1.20. The lowest BCUT2D eigenvalue weighted by Gasteiger charge is -2.34. The Morgan fingerprint density at radius 2 is 1.92 bits per heavy atom. The molecule has 206 valence electrons. The number of aromatic nitrogens is 2. The van der Waals surface area contributed by atoms with Crippen molar-refractivity contribution in [2.75, 3.05) is 74.9 Å². The van der Waals surface area contributed by atoms with E-state index in [0.29, 0.717) is 19.5 Å². The van der Waals surface area contributed by atoms with Crippen molar-refractivity contribution in [3.8, 4) is 0 Å². The van der Waals surface area contributed by atoms with Gasteiger partial charge in [-0.05, 0) is 57.0 Å². The Bertz CT molecular complexity index is 1150. The molecule has 3 aliphatic heterocycles. The molecule has 0 bridgehead atoms. The lowest BCUT2D eigenvalue weighted by molar-refractivity contribution is -0.137. The summed E-state index contributed by atoms with van der Waals surface area (Å²) in [7, 11) is 2.11. The van der Waals surface area contributed by atoms with Crippen molar-refractivity contribution in [2.24, 2.45) is 0 Å². The van der Waals surface area contributed by atoms with Gasteiger partial charge in [-0.15, -0.1) is 0 Å². The molecule has 1 aromatic carbocycles. The van der Waals surface area contributed by atoms with E-state index in [1.165, 1.54) is 0 Å². The summed E-state index contributed by atoms with van der Waals surface area (Å²) in [5.74, 6) is -0.179. The molecular formula is C26H35F3N8O. The quantitative estimate of drug-likeness (QED) is 0.498. The average molecular weight is 533 g/mol. The number of carbonyl (C=O) groups is 1. The summed E-state index contributed by atoms with van der Waals surface area (Å²) in [6.45, 7) is 8.10. The molecule has 38 heavy (non-hydrogen) atoms. The molecular weight excluding hydrogens is 497 g/mol. The molecule has 2 amide bonds. The number of urea groups is 1. The van der Waals surface area contributed by atoms with Gasteiger partial charge in [0.2, 0.25) is 5.95 Å². The van der Waals surface area contributed by atoms with Crippen LogP contribution in [0.1, 0.15) is 30.4 Å². The van der Waals surface area contributed by atoms with Crippen molar-refractivity contribution < 1.29 is 18.0 Å². The van der Waals surface area contributed by atoms with Crippen LogP contribution in [0, 0.1) is 6.92 Å². The summed E-state index contributed by atoms with van der Waals surface area (Å²) in [5, 5.41) is 5.91. The Morgan fingerprint density at radius 3 is 2.63 bits per heavy atom. The number of halogens is 3. The number of carbonyl (C=O) groups excluding carboxylic acids is 1. The number of likely N-dealkylation sites (N-methyl/N-ethyl adjacent to an activating group) is 1. The largest absolute Gasteiger partial charge is 0.421 e. The van der Waals surface area contributed by atoms with Crippen LogP contribution >= 0.6 is 0 Å². The number of hydrogen-bond donors (Lipinski definition) is 2. The van der Waals surface area contributed by atoms with Crippen LogP contribution in [0.3, 0.4) is 0 Å². The van der Waals surface area contributed by atoms with E-state index in [0.717, 1.165) is 68.7 Å². The van der Waals surface area contributed by atoms with E-state index in [-0.39, 0.29) is 30.4 Å². The molecule has 1 atom stereocenters. The minimum Gasteiger partial charge on any atom is -0.369 e. The van der Waals surface area contributed by atoms with Crippen molar-refractivity contribution >= 4 is 29.2 Å². The number of rotatable bonds is 8. The van der Waals surface area contributed by atoms with Crippen LogP contribution in [-0.4, -0.2) is 96.1 Å². The van der Waals surface area contributed by atoms with Gasteiger partial charge >= 0.3 is 12.2 Å². The van der Waals surface area contributed by atoms with Gasteiger partial charge in [0.1, 0.15) is 11.4 Å². The normalized spacial score (nSPS) is 20.3. The van der Waals surface area contributed by atoms with Gasteiger partial charge in [-0.1, -0.05) is 0 Å². The highest BCUT2D eigenvalue weighted by molar-refractivity contribution is 5.77. The molecule has 9 nitrogen and oxygen atoms in total. The lowest BCUT2D eigenvalue weighted by Crippen LogP contribution is -2.44. The van der Waals surface area contributed by atoms with Crippen molar-refractivity contribution in [3.63, 3.8) is 0 Å². The van der Waals surface area contributed by atoms with Crippen molar-refractivity contribution in [3.05, 3.63) is 35.5 Å². The first-order chi connectivity index (χ1) is 18.2. The fourth-order valence-electron chi connectivity index (χ4n) is 5.41. The van der Waals surface area contributed by atoms with Crippen LogP contribution < -0.4 is 15.5 Å². The fraction of sp³-hybridized carbons (Fsp3) is 0.577. The summed E-state index contributed by atoms with van der Waals surface area (Å²) >= 11 is 0. The Morgan fingerprint density at radius 1 is 1.13 bits per heavy atom. The van der Waals surface area contributed by atoms with Crippen molar-refractivity contribution in [1.29, 1.82) is 0 Å². The zero-order valence-corrected chi connectivity index (χ0v) is 21.9. The van der Waals surface area contributed by atoms with Crippen LogP contribution in [0.15, 0.2) is 24.4 Å². The Hall–Kier alpha value is -3.28. The highest BCUT2D eigenvalue weighted by Gasteiger charge is 2.39. The number of amides is 2. The molecule has 12 heteroatoms. The van der Waals surface area contributed by atoms with Gasteiger partial charge in [-0.2, -0.15) is 18.2 Å². The molecule has 0 unspecified atom stereocenters. The van der Waals surface area contributed by atoms with Crippen LogP contribution in [0.4, 0.5) is 41.1 Å². The third-order valence-electron chi connectivity index (χ3n) is 7.64. The number of hydrogen-bond acceptors (Lipinski definition) is 7. The van der Waals surface area contributed by atoms with E-state index >= 15 is 0 Å². The molecule has 0 spiro atoms. The van der Waals surface area contributed by atoms with Gasteiger partial charge in [-0.25, -0.2) is 9.78 Å². The van der Waals surface area contributed by atoms with Crippen LogP contribution in [0.2, 0.25) is 0 Å². The maximum Gasteiger partial charge on any atom is 0.421 e. The maximum atomic E-state index is 13.6. The van der Waals surface area contributed by atoms with Gasteiger partial charge in [-0.3, -0.25) is 0 Å². The first-order valence-corrected chi connectivity index (χ1v) is 13.2. The number of alkyl halides is 3. The number of nitrogens with one attached hydrogen (secondary N) is 2. The predicted molar refractivity (Wildman–Crippen MR) is 141 cm³/mol. The van der Waals surface area contributed by atoms with Crippen LogP contribution in [0.25, 0.3) is 0 Å². The minimum atomic E-state index is -4.59. The molecule has 4 heterocycles. The molecule has 2 N–H and O–H groups in total. The highest BCUT2D eigenvalue weighted by Crippen LogP contribution is 2.34. The summed E-state index contributed by atoms with van der Waals surface area (Å²) in [4.78, 5) is 28.9. The number of piperazine rings is 1. The lowest BCUT2D eigenvalue weighted by atomic mass is 10.1.